The van der Waals surface area contributed by atoms with E-state index in [0.717, 1.165) is 10.9 Å². The summed E-state index contributed by atoms with van der Waals surface area (Å²) in [6.07, 6.45) is 0.843. The van der Waals surface area contributed by atoms with Crippen molar-refractivity contribution in [2.45, 2.75) is 18.9 Å². The largest absolute Gasteiger partial charge is 0.330 e. The number of halogens is 3. The second kappa shape index (κ2) is 12.8. The molecule has 1 amide bonds. The summed E-state index contributed by atoms with van der Waals surface area (Å²) in [6, 6.07) is 21.1. The van der Waals surface area contributed by atoms with Crippen molar-refractivity contribution < 1.29 is 9.18 Å². The standard InChI is InChI=1S/C30H26Cl2FN5O2S/c31-20-10-11-23-26(17-20)35-28(38(30(23)40)36-21-6-2-1-3-7-21)27(18-22-8-4-15-41-22)37(14-5-13-34)29(39)19-9-12-25(33)24(32)16-19/h1-4,6-12,15-17,27,36H,5,13-14,18,34H2. The quantitative estimate of drug-likeness (QED) is 0.187. The van der Waals surface area contributed by atoms with Crippen LogP contribution in [0.3, 0.4) is 0 Å². The average molecular weight is 611 g/mol. The van der Waals surface area contributed by atoms with Gasteiger partial charge >= 0.3 is 0 Å². The molecule has 0 aliphatic carbocycles. The minimum Gasteiger partial charge on any atom is -0.330 e. The fourth-order valence-electron chi connectivity index (χ4n) is 4.57. The molecule has 7 nitrogen and oxygen atoms in total. The molecule has 0 bridgehead atoms. The number of nitrogens with zero attached hydrogens (tertiary/aromatic N) is 3. The van der Waals surface area contributed by atoms with E-state index in [1.165, 1.54) is 28.1 Å². The first-order chi connectivity index (χ1) is 19.9. The van der Waals surface area contributed by atoms with Crippen LogP contribution in [-0.2, 0) is 6.42 Å². The topological polar surface area (TPSA) is 93.2 Å². The Morgan fingerprint density at radius 2 is 1.88 bits per heavy atom. The first kappa shape index (κ1) is 28.8. The average Bonchev–Trinajstić information content (AvgIpc) is 3.49. The van der Waals surface area contributed by atoms with Crippen molar-refractivity contribution in [2.75, 3.05) is 18.5 Å². The summed E-state index contributed by atoms with van der Waals surface area (Å²) < 4.78 is 15.4. The molecule has 3 aromatic carbocycles. The Kier molecular flexibility index (Phi) is 8.99. The van der Waals surface area contributed by atoms with Gasteiger partial charge in [0.1, 0.15) is 5.82 Å². The zero-order valence-corrected chi connectivity index (χ0v) is 24.1. The summed E-state index contributed by atoms with van der Waals surface area (Å²) in [4.78, 5) is 35.6. The molecule has 1 unspecified atom stereocenters. The number of hydrogen-bond donors (Lipinski definition) is 2. The smallest absolute Gasteiger partial charge is 0.280 e. The van der Waals surface area contributed by atoms with E-state index in [2.05, 4.69) is 5.43 Å². The van der Waals surface area contributed by atoms with Gasteiger partial charge in [-0.2, -0.15) is 0 Å². The molecular weight excluding hydrogens is 584 g/mol. The summed E-state index contributed by atoms with van der Waals surface area (Å²) in [5.74, 6) is -0.713. The van der Waals surface area contributed by atoms with Crippen molar-refractivity contribution in [3.05, 3.63) is 127 Å². The molecule has 0 saturated carbocycles. The summed E-state index contributed by atoms with van der Waals surface area (Å²) in [6.45, 7) is 0.588. The number of amides is 1. The van der Waals surface area contributed by atoms with Gasteiger partial charge < -0.3 is 10.6 Å². The van der Waals surface area contributed by atoms with Gasteiger partial charge in [0.05, 0.1) is 27.7 Å². The van der Waals surface area contributed by atoms with Crippen LogP contribution in [0.5, 0.6) is 0 Å². The molecule has 0 aliphatic rings. The van der Waals surface area contributed by atoms with Crippen LogP contribution in [0.4, 0.5) is 10.1 Å². The van der Waals surface area contributed by atoms with Gasteiger partial charge in [-0.3, -0.25) is 15.0 Å². The van der Waals surface area contributed by atoms with Crippen molar-refractivity contribution in [3.63, 3.8) is 0 Å². The maximum absolute atomic E-state index is 14.1. The molecule has 0 saturated heterocycles. The van der Waals surface area contributed by atoms with Crippen molar-refractivity contribution in [2.24, 2.45) is 5.73 Å². The van der Waals surface area contributed by atoms with Crippen LogP contribution in [0.25, 0.3) is 10.9 Å². The molecule has 0 spiro atoms. The SMILES string of the molecule is NCCCN(C(=O)c1ccc(F)c(Cl)c1)C(Cc1cccs1)c1nc2cc(Cl)ccc2c(=O)n1Nc1ccccc1. The Morgan fingerprint density at radius 3 is 2.59 bits per heavy atom. The highest BCUT2D eigenvalue weighted by Gasteiger charge is 2.31. The lowest BCUT2D eigenvalue weighted by Gasteiger charge is -2.33. The van der Waals surface area contributed by atoms with Gasteiger partial charge in [-0.25, -0.2) is 14.1 Å². The summed E-state index contributed by atoms with van der Waals surface area (Å²) in [5.41, 5.74) is 9.98. The number of nitrogens with one attached hydrogen (secondary N) is 1. The first-order valence-corrected chi connectivity index (χ1v) is 14.5. The van der Waals surface area contributed by atoms with E-state index >= 15 is 0 Å². The van der Waals surface area contributed by atoms with Crippen LogP contribution >= 0.6 is 34.5 Å². The van der Waals surface area contributed by atoms with Gasteiger partial charge in [-0.1, -0.05) is 47.5 Å². The van der Waals surface area contributed by atoms with Gasteiger partial charge in [-0.15, -0.1) is 11.3 Å². The molecule has 5 aromatic rings. The number of anilines is 1. The Morgan fingerprint density at radius 1 is 1.07 bits per heavy atom. The molecule has 2 aromatic heterocycles. The fourth-order valence-corrected chi connectivity index (χ4v) is 5.66. The van der Waals surface area contributed by atoms with E-state index in [1.54, 1.807) is 23.1 Å². The number of fused-ring (bicyclic) bond motifs is 1. The van der Waals surface area contributed by atoms with Crippen LogP contribution in [0.1, 0.15) is 33.5 Å². The molecule has 2 heterocycles. The van der Waals surface area contributed by atoms with Gasteiger partial charge in [0.15, 0.2) is 5.82 Å². The lowest BCUT2D eigenvalue weighted by molar-refractivity contribution is 0.0662. The highest BCUT2D eigenvalue weighted by atomic mass is 35.5. The monoisotopic (exact) mass is 609 g/mol. The van der Waals surface area contributed by atoms with Gasteiger partial charge in [0.25, 0.3) is 11.5 Å². The molecule has 0 aliphatic heterocycles. The second-order valence-corrected chi connectivity index (χ2v) is 11.2. The molecule has 0 fully saturated rings. The van der Waals surface area contributed by atoms with Gasteiger partial charge in [0, 0.05) is 28.4 Å². The number of carbonyl (C=O) groups excluding carboxylic acids is 1. The lowest BCUT2D eigenvalue weighted by Crippen LogP contribution is -2.42. The maximum Gasteiger partial charge on any atom is 0.280 e. The van der Waals surface area contributed by atoms with E-state index < -0.39 is 17.8 Å². The maximum atomic E-state index is 14.1. The van der Waals surface area contributed by atoms with E-state index in [0.29, 0.717) is 46.8 Å². The zero-order chi connectivity index (χ0) is 28.9. The Bertz CT molecular complexity index is 1730. The van der Waals surface area contributed by atoms with Crippen LogP contribution in [0.2, 0.25) is 10.0 Å². The number of aromatic nitrogens is 2. The fraction of sp³-hybridized carbons (Fsp3) is 0.167. The minimum atomic E-state index is -0.719. The summed E-state index contributed by atoms with van der Waals surface area (Å²) in [7, 11) is 0. The Balaban J connectivity index is 1.73. The molecule has 0 radical (unpaired) electrons. The molecule has 41 heavy (non-hydrogen) atoms. The predicted octanol–water partition coefficient (Wildman–Crippen LogP) is 6.55. The number of hydrogen-bond acceptors (Lipinski definition) is 6. The zero-order valence-electron chi connectivity index (χ0n) is 21.8. The van der Waals surface area contributed by atoms with Crippen LogP contribution in [-0.4, -0.2) is 33.6 Å². The van der Waals surface area contributed by atoms with Crippen LogP contribution < -0.4 is 16.7 Å². The van der Waals surface area contributed by atoms with E-state index in [1.807, 2.05) is 47.8 Å². The van der Waals surface area contributed by atoms with E-state index in [9.17, 15) is 14.0 Å². The van der Waals surface area contributed by atoms with Gasteiger partial charge in [0.2, 0.25) is 0 Å². The van der Waals surface area contributed by atoms with Crippen molar-refractivity contribution in [1.29, 1.82) is 0 Å². The Labute approximate surface area is 249 Å². The summed E-state index contributed by atoms with van der Waals surface area (Å²) >= 11 is 13.9. The Hall–Kier alpha value is -3.76. The summed E-state index contributed by atoms with van der Waals surface area (Å²) in [5, 5.41) is 2.57. The highest BCUT2D eigenvalue weighted by molar-refractivity contribution is 7.09. The molecule has 1 atom stereocenters. The van der Waals surface area contributed by atoms with Crippen molar-refractivity contribution in [1.82, 2.24) is 14.6 Å². The minimum absolute atomic E-state index is 0.162. The highest BCUT2D eigenvalue weighted by Crippen LogP contribution is 2.30. The normalized spacial score (nSPS) is 11.9. The van der Waals surface area contributed by atoms with Crippen molar-refractivity contribution in [3.8, 4) is 0 Å². The van der Waals surface area contributed by atoms with E-state index in [4.69, 9.17) is 33.9 Å². The van der Waals surface area contributed by atoms with E-state index in [-0.39, 0.29) is 22.7 Å². The molecular formula is C30H26Cl2FN5O2S. The third-order valence-electron chi connectivity index (χ3n) is 6.55. The number of rotatable bonds is 10. The number of carbonyl (C=O) groups is 1. The molecule has 3 N–H and O–H groups in total. The predicted molar refractivity (Wildman–Crippen MR) is 163 cm³/mol. The molecule has 210 valence electrons. The van der Waals surface area contributed by atoms with Gasteiger partial charge in [-0.05, 0) is 72.9 Å². The van der Waals surface area contributed by atoms with Crippen LogP contribution in [0.15, 0.2) is 89.0 Å². The molecule has 11 heteroatoms. The third kappa shape index (κ3) is 6.44. The van der Waals surface area contributed by atoms with Crippen molar-refractivity contribution >= 4 is 57.0 Å². The number of thiophene rings is 1. The number of para-hydroxylation sites is 1. The number of nitrogens with two attached hydrogens (primary N) is 1. The van der Waals surface area contributed by atoms with Crippen LogP contribution in [0, 0.1) is 5.82 Å². The first-order valence-electron chi connectivity index (χ1n) is 12.9. The molecule has 5 rings (SSSR count). The second-order valence-electron chi connectivity index (χ2n) is 9.32. The third-order valence-corrected chi connectivity index (χ3v) is 7.97. The number of benzene rings is 3. The lowest BCUT2D eigenvalue weighted by atomic mass is 10.1.